The molecular formula is C12H15NO4. The van der Waals surface area contributed by atoms with Crippen LogP contribution in [0.25, 0.3) is 0 Å². The number of carbonyl (C=O) groups excluding carboxylic acids is 2. The summed E-state index contributed by atoms with van der Waals surface area (Å²) in [5.41, 5.74) is 2.36. The second-order valence-electron chi connectivity index (χ2n) is 3.51. The van der Waals surface area contributed by atoms with E-state index in [1.165, 1.54) is 14.2 Å². The quantitative estimate of drug-likeness (QED) is 0.815. The number of amides is 1. The minimum atomic E-state index is -0.544. The molecule has 17 heavy (non-hydrogen) atoms. The Hall–Kier alpha value is -2.04. The van der Waals surface area contributed by atoms with E-state index in [4.69, 9.17) is 0 Å². The van der Waals surface area contributed by atoms with Crippen molar-refractivity contribution < 1.29 is 19.1 Å². The average molecular weight is 237 g/mol. The van der Waals surface area contributed by atoms with Crippen molar-refractivity contribution in [3.8, 4) is 0 Å². The molecule has 0 unspecified atom stereocenters. The summed E-state index contributed by atoms with van der Waals surface area (Å²) in [7, 11) is 2.63. The summed E-state index contributed by atoms with van der Waals surface area (Å²) in [6, 6.07) is 5.29. The van der Waals surface area contributed by atoms with E-state index in [2.05, 4.69) is 14.8 Å². The molecule has 92 valence electrons. The summed E-state index contributed by atoms with van der Waals surface area (Å²) >= 11 is 0. The Kier molecular flexibility index (Phi) is 4.51. The van der Waals surface area contributed by atoms with Crippen LogP contribution >= 0.6 is 0 Å². The molecule has 1 rings (SSSR count). The molecule has 0 radical (unpaired) electrons. The molecular weight excluding hydrogens is 222 g/mol. The zero-order valence-corrected chi connectivity index (χ0v) is 10.1. The number of methoxy groups -OCH3 is 2. The number of nitrogens with one attached hydrogen (secondary N) is 1. The third-order valence-corrected chi connectivity index (χ3v) is 2.34. The van der Waals surface area contributed by atoms with Gasteiger partial charge in [0.15, 0.2) is 0 Å². The number of aryl methyl sites for hydroxylation is 1. The molecule has 0 saturated carbocycles. The fourth-order valence-corrected chi connectivity index (χ4v) is 1.34. The third kappa shape index (κ3) is 3.79. The first-order chi connectivity index (χ1) is 8.06. The molecule has 0 aliphatic rings. The van der Waals surface area contributed by atoms with E-state index >= 15 is 0 Å². The van der Waals surface area contributed by atoms with Crippen LogP contribution in [0.3, 0.4) is 0 Å². The summed E-state index contributed by atoms with van der Waals surface area (Å²) < 4.78 is 9.09. The van der Waals surface area contributed by atoms with E-state index in [0.29, 0.717) is 5.69 Å². The van der Waals surface area contributed by atoms with Gasteiger partial charge >= 0.3 is 12.1 Å². The van der Waals surface area contributed by atoms with Crippen LogP contribution in [0.4, 0.5) is 10.5 Å². The Morgan fingerprint density at radius 3 is 2.53 bits per heavy atom. The summed E-state index contributed by atoms with van der Waals surface area (Å²) in [6.45, 7) is 1.89. The summed E-state index contributed by atoms with van der Waals surface area (Å²) in [5.74, 6) is -0.316. The normalized spacial score (nSPS) is 9.59. The molecule has 0 aliphatic carbocycles. The Morgan fingerprint density at radius 1 is 1.24 bits per heavy atom. The van der Waals surface area contributed by atoms with Gasteiger partial charge in [0.25, 0.3) is 0 Å². The van der Waals surface area contributed by atoms with Gasteiger partial charge in [-0.1, -0.05) is 6.07 Å². The standard InChI is InChI=1S/C12H15NO4/c1-8-4-5-10(13-12(15)17-3)6-9(8)7-11(14)16-2/h4-6H,7H2,1-3H3,(H,13,15). The topological polar surface area (TPSA) is 64.6 Å². The van der Waals surface area contributed by atoms with E-state index in [-0.39, 0.29) is 12.4 Å². The zero-order chi connectivity index (χ0) is 12.8. The lowest BCUT2D eigenvalue weighted by atomic mass is 10.1. The average Bonchev–Trinajstić information content (AvgIpc) is 2.33. The van der Waals surface area contributed by atoms with E-state index in [9.17, 15) is 9.59 Å². The molecule has 1 N–H and O–H groups in total. The highest BCUT2D eigenvalue weighted by atomic mass is 16.5. The highest BCUT2D eigenvalue weighted by Crippen LogP contribution is 2.16. The van der Waals surface area contributed by atoms with Gasteiger partial charge < -0.3 is 9.47 Å². The number of benzene rings is 1. The van der Waals surface area contributed by atoms with Crippen LogP contribution in [0.1, 0.15) is 11.1 Å². The van der Waals surface area contributed by atoms with Crippen LogP contribution < -0.4 is 5.32 Å². The number of esters is 1. The predicted octanol–water partition coefficient (Wildman–Crippen LogP) is 1.89. The van der Waals surface area contributed by atoms with Gasteiger partial charge in [0.1, 0.15) is 0 Å². The molecule has 5 nitrogen and oxygen atoms in total. The molecule has 0 atom stereocenters. The van der Waals surface area contributed by atoms with Crippen molar-refractivity contribution in [3.63, 3.8) is 0 Å². The van der Waals surface area contributed by atoms with Gasteiger partial charge in [0, 0.05) is 5.69 Å². The molecule has 0 saturated heterocycles. The SMILES string of the molecule is COC(=O)Cc1cc(NC(=O)OC)ccc1C. The van der Waals surface area contributed by atoms with Crippen molar-refractivity contribution >= 4 is 17.7 Å². The smallest absolute Gasteiger partial charge is 0.411 e. The van der Waals surface area contributed by atoms with Crippen LogP contribution in [-0.2, 0) is 20.7 Å². The highest BCUT2D eigenvalue weighted by molar-refractivity contribution is 5.85. The Morgan fingerprint density at radius 2 is 1.94 bits per heavy atom. The molecule has 1 aromatic carbocycles. The zero-order valence-electron chi connectivity index (χ0n) is 10.1. The van der Waals surface area contributed by atoms with Crippen LogP contribution in [0.5, 0.6) is 0 Å². The first-order valence-corrected chi connectivity index (χ1v) is 5.08. The molecule has 1 aromatic rings. The first kappa shape index (κ1) is 13.0. The van der Waals surface area contributed by atoms with Crippen molar-refractivity contribution in [1.29, 1.82) is 0 Å². The maximum Gasteiger partial charge on any atom is 0.411 e. The highest BCUT2D eigenvalue weighted by Gasteiger charge is 2.08. The molecule has 0 fully saturated rings. The lowest BCUT2D eigenvalue weighted by molar-refractivity contribution is -0.139. The number of carbonyl (C=O) groups is 2. The monoisotopic (exact) mass is 237 g/mol. The maximum absolute atomic E-state index is 11.2. The predicted molar refractivity (Wildman–Crippen MR) is 62.9 cm³/mol. The van der Waals surface area contributed by atoms with Crippen LogP contribution in [0.2, 0.25) is 0 Å². The van der Waals surface area contributed by atoms with Crippen LogP contribution in [-0.4, -0.2) is 26.3 Å². The van der Waals surface area contributed by atoms with Crippen molar-refractivity contribution in [3.05, 3.63) is 29.3 Å². The Bertz CT molecular complexity index is 429. The Labute approximate surface area is 99.7 Å². The van der Waals surface area contributed by atoms with Crippen LogP contribution in [0, 0.1) is 6.92 Å². The molecule has 0 aliphatic heterocycles. The number of hydrogen-bond donors (Lipinski definition) is 1. The van der Waals surface area contributed by atoms with Gasteiger partial charge in [-0.05, 0) is 30.2 Å². The Balaban J connectivity index is 2.86. The van der Waals surface area contributed by atoms with E-state index < -0.39 is 6.09 Å². The molecule has 0 bridgehead atoms. The van der Waals surface area contributed by atoms with Crippen molar-refractivity contribution in [2.75, 3.05) is 19.5 Å². The minimum Gasteiger partial charge on any atom is -0.469 e. The van der Waals surface area contributed by atoms with Gasteiger partial charge in [0.2, 0.25) is 0 Å². The lowest BCUT2D eigenvalue weighted by Crippen LogP contribution is -2.12. The van der Waals surface area contributed by atoms with Crippen molar-refractivity contribution in [2.24, 2.45) is 0 Å². The molecule has 1 amide bonds. The largest absolute Gasteiger partial charge is 0.469 e. The van der Waals surface area contributed by atoms with Gasteiger partial charge in [-0.2, -0.15) is 0 Å². The fraction of sp³-hybridized carbons (Fsp3) is 0.333. The lowest BCUT2D eigenvalue weighted by Gasteiger charge is -2.08. The molecule has 0 aromatic heterocycles. The van der Waals surface area contributed by atoms with E-state index in [0.717, 1.165) is 11.1 Å². The molecule has 0 spiro atoms. The van der Waals surface area contributed by atoms with Gasteiger partial charge in [-0.25, -0.2) is 4.79 Å². The third-order valence-electron chi connectivity index (χ3n) is 2.34. The van der Waals surface area contributed by atoms with Crippen molar-refractivity contribution in [1.82, 2.24) is 0 Å². The maximum atomic E-state index is 11.2. The summed E-state index contributed by atoms with van der Waals surface area (Å²) in [4.78, 5) is 22.2. The number of rotatable bonds is 3. The van der Waals surface area contributed by atoms with Crippen molar-refractivity contribution in [2.45, 2.75) is 13.3 Å². The number of hydrogen-bond acceptors (Lipinski definition) is 4. The van der Waals surface area contributed by atoms with Gasteiger partial charge in [0.05, 0.1) is 20.6 Å². The molecule has 5 heteroatoms. The first-order valence-electron chi connectivity index (χ1n) is 5.08. The number of anilines is 1. The summed E-state index contributed by atoms with van der Waals surface area (Å²) in [6.07, 6.45) is -0.364. The van der Waals surface area contributed by atoms with Gasteiger partial charge in [-0.3, -0.25) is 10.1 Å². The minimum absolute atomic E-state index is 0.180. The molecule has 0 heterocycles. The van der Waals surface area contributed by atoms with Crippen LogP contribution in [0.15, 0.2) is 18.2 Å². The summed E-state index contributed by atoms with van der Waals surface area (Å²) in [5, 5.41) is 2.54. The van der Waals surface area contributed by atoms with E-state index in [1.807, 2.05) is 13.0 Å². The van der Waals surface area contributed by atoms with Gasteiger partial charge in [-0.15, -0.1) is 0 Å². The number of ether oxygens (including phenoxy) is 2. The van der Waals surface area contributed by atoms with E-state index in [1.54, 1.807) is 12.1 Å². The fourth-order valence-electron chi connectivity index (χ4n) is 1.34. The second kappa shape index (κ2) is 5.89. The second-order valence-corrected chi connectivity index (χ2v) is 3.51.